The van der Waals surface area contributed by atoms with Crippen LogP contribution in [0.3, 0.4) is 0 Å². The van der Waals surface area contributed by atoms with Gasteiger partial charge in [0, 0.05) is 0 Å². The SMILES string of the molecule is COc1cc2ccccc2cc1C(=O)N(Cc1ccco1)c1nc2c(C)ccc(C)c2s1. The number of carbonyl (C=O) groups excluding carboxylic acids is 1. The first-order valence-corrected chi connectivity index (χ1v) is 11.1. The van der Waals surface area contributed by atoms with E-state index < -0.39 is 0 Å². The number of thiazole rings is 1. The number of hydrogen-bond acceptors (Lipinski definition) is 5. The Morgan fingerprint density at radius 3 is 2.47 bits per heavy atom. The summed E-state index contributed by atoms with van der Waals surface area (Å²) in [4.78, 5) is 20.4. The van der Waals surface area contributed by atoms with E-state index in [1.165, 1.54) is 11.3 Å². The van der Waals surface area contributed by atoms with Crippen LogP contribution in [0, 0.1) is 13.8 Å². The Labute approximate surface area is 189 Å². The summed E-state index contributed by atoms with van der Waals surface area (Å²) in [7, 11) is 1.59. The van der Waals surface area contributed by atoms with E-state index in [-0.39, 0.29) is 12.5 Å². The van der Waals surface area contributed by atoms with Gasteiger partial charge in [-0.3, -0.25) is 9.69 Å². The third kappa shape index (κ3) is 3.52. The smallest absolute Gasteiger partial charge is 0.264 e. The van der Waals surface area contributed by atoms with E-state index in [0.29, 0.717) is 22.2 Å². The molecule has 0 saturated carbocycles. The van der Waals surface area contributed by atoms with Crippen molar-refractivity contribution in [1.29, 1.82) is 0 Å². The highest BCUT2D eigenvalue weighted by atomic mass is 32.1. The number of anilines is 1. The maximum absolute atomic E-state index is 13.9. The predicted molar refractivity (Wildman–Crippen MR) is 129 cm³/mol. The first-order valence-electron chi connectivity index (χ1n) is 10.3. The van der Waals surface area contributed by atoms with Crippen LogP contribution in [0.2, 0.25) is 0 Å². The van der Waals surface area contributed by atoms with Crippen molar-refractivity contribution >= 4 is 43.4 Å². The molecule has 2 aromatic heterocycles. The van der Waals surface area contributed by atoms with Gasteiger partial charge < -0.3 is 9.15 Å². The molecule has 0 spiro atoms. The van der Waals surface area contributed by atoms with Crippen molar-refractivity contribution in [3.05, 3.63) is 89.4 Å². The number of aromatic nitrogens is 1. The van der Waals surface area contributed by atoms with Gasteiger partial charge in [-0.2, -0.15) is 0 Å². The van der Waals surface area contributed by atoms with Crippen LogP contribution in [-0.4, -0.2) is 18.0 Å². The van der Waals surface area contributed by atoms with Crippen molar-refractivity contribution in [3.8, 4) is 5.75 Å². The monoisotopic (exact) mass is 442 g/mol. The van der Waals surface area contributed by atoms with E-state index in [1.54, 1.807) is 18.3 Å². The summed E-state index contributed by atoms with van der Waals surface area (Å²) in [6, 6.07) is 19.6. The fourth-order valence-corrected chi connectivity index (χ4v) is 4.96. The quantitative estimate of drug-likeness (QED) is 0.311. The van der Waals surface area contributed by atoms with Crippen LogP contribution in [0.5, 0.6) is 5.75 Å². The molecule has 0 saturated heterocycles. The third-order valence-corrected chi connectivity index (χ3v) is 6.81. The molecule has 6 heteroatoms. The Bertz CT molecular complexity index is 1400. The molecule has 3 aromatic carbocycles. The minimum absolute atomic E-state index is 0.182. The predicted octanol–water partition coefficient (Wildman–Crippen LogP) is 6.51. The number of amides is 1. The molecule has 0 aliphatic heterocycles. The van der Waals surface area contributed by atoms with Gasteiger partial charge in [-0.1, -0.05) is 47.7 Å². The molecule has 0 bridgehead atoms. The molecule has 160 valence electrons. The standard InChI is InChI=1S/C26H22N2O3S/c1-16-10-11-17(2)24-23(16)27-26(32-24)28(15-20-9-6-12-31-20)25(29)21-13-18-7-4-5-8-19(18)14-22(21)30-3/h4-14H,15H2,1-3H3. The summed E-state index contributed by atoms with van der Waals surface area (Å²) in [5, 5.41) is 2.63. The number of carbonyl (C=O) groups is 1. The van der Waals surface area contributed by atoms with E-state index in [1.807, 2.05) is 55.5 Å². The van der Waals surface area contributed by atoms with E-state index in [9.17, 15) is 4.79 Å². The molecule has 5 rings (SSSR count). The summed E-state index contributed by atoms with van der Waals surface area (Å²) in [6.45, 7) is 4.38. The van der Waals surface area contributed by atoms with E-state index in [4.69, 9.17) is 14.1 Å². The number of methoxy groups -OCH3 is 1. The van der Waals surface area contributed by atoms with E-state index in [0.717, 1.165) is 32.1 Å². The zero-order valence-corrected chi connectivity index (χ0v) is 18.9. The van der Waals surface area contributed by atoms with Crippen molar-refractivity contribution in [3.63, 3.8) is 0 Å². The molecule has 0 aliphatic rings. The van der Waals surface area contributed by atoms with Crippen LogP contribution in [0.15, 0.2) is 71.3 Å². The average Bonchev–Trinajstić information content (AvgIpc) is 3.49. The summed E-state index contributed by atoms with van der Waals surface area (Å²) in [5.41, 5.74) is 3.64. The minimum atomic E-state index is -0.182. The zero-order chi connectivity index (χ0) is 22.2. The molecule has 1 amide bonds. The van der Waals surface area contributed by atoms with Gasteiger partial charge in [0.05, 0.1) is 35.7 Å². The molecule has 32 heavy (non-hydrogen) atoms. The van der Waals surface area contributed by atoms with Gasteiger partial charge in [-0.25, -0.2) is 4.98 Å². The van der Waals surface area contributed by atoms with Crippen LogP contribution in [0.25, 0.3) is 21.0 Å². The fraction of sp³-hybridized carbons (Fsp3) is 0.154. The highest BCUT2D eigenvalue weighted by molar-refractivity contribution is 7.22. The topological polar surface area (TPSA) is 55.6 Å². The Morgan fingerprint density at radius 1 is 1.03 bits per heavy atom. The number of fused-ring (bicyclic) bond motifs is 2. The first-order chi connectivity index (χ1) is 15.5. The van der Waals surface area contributed by atoms with Gasteiger partial charge in [0.25, 0.3) is 5.91 Å². The number of furan rings is 1. The Kier molecular flexibility index (Phi) is 5.15. The number of ether oxygens (including phenoxy) is 1. The van der Waals surface area contributed by atoms with E-state index >= 15 is 0 Å². The first kappa shape index (κ1) is 20.3. The summed E-state index contributed by atoms with van der Waals surface area (Å²) < 4.78 is 12.3. The largest absolute Gasteiger partial charge is 0.496 e. The lowest BCUT2D eigenvalue weighted by Crippen LogP contribution is -2.30. The number of aryl methyl sites for hydroxylation is 2. The lowest BCUT2D eigenvalue weighted by Gasteiger charge is -2.20. The maximum atomic E-state index is 13.9. The van der Waals surface area contributed by atoms with Crippen molar-refractivity contribution in [2.45, 2.75) is 20.4 Å². The molecule has 0 fully saturated rings. The minimum Gasteiger partial charge on any atom is -0.496 e. The van der Waals surface area contributed by atoms with Crippen molar-refractivity contribution in [1.82, 2.24) is 4.98 Å². The second-order valence-electron chi connectivity index (χ2n) is 7.74. The highest BCUT2D eigenvalue weighted by Crippen LogP contribution is 2.36. The molecular formula is C26H22N2O3S. The Hall–Kier alpha value is -3.64. The van der Waals surface area contributed by atoms with Crippen LogP contribution in [-0.2, 0) is 6.54 Å². The third-order valence-electron chi connectivity index (χ3n) is 5.60. The lowest BCUT2D eigenvalue weighted by molar-refractivity contribution is 0.0980. The molecular weight excluding hydrogens is 420 g/mol. The second-order valence-corrected chi connectivity index (χ2v) is 8.72. The number of benzene rings is 3. The lowest BCUT2D eigenvalue weighted by atomic mass is 10.0. The van der Waals surface area contributed by atoms with Crippen LogP contribution < -0.4 is 9.64 Å². The molecule has 2 heterocycles. The summed E-state index contributed by atoms with van der Waals surface area (Å²) in [6.07, 6.45) is 1.61. The molecule has 0 unspecified atom stereocenters. The van der Waals surface area contributed by atoms with Crippen molar-refractivity contribution in [2.24, 2.45) is 0 Å². The van der Waals surface area contributed by atoms with Crippen LogP contribution in [0.4, 0.5) is 5.13 Å². The van der Waals surface area contributed by atoms with Crippen molar-refractivity contribution in [2.75, 3.05) is 12.0 Å². The fourth-order valence-electron chi connectivity index (χ4n) is 3.85. The Morgan fingerprint density at radius 2 is 1.78 bits per heavy atom. The van der Waals surface area contributed by atoms with Crippen LogP contribution in [0.1, 0.15) is 27.2 Å². The second kappa shape index (κ2) is 8.13. The molecule has 5 aromatic rings. The zero-order valence-electron chi connectivity index (χ0n) is 18.1. The summed E-state index contributed by atoms with van der Waals surface area (Å²) in [5.74, 6) is 1.04. The number of hydrogen-bond donors (Lipinski definition) is 0. The average molecular weight is 443 g/mol. The summed E-state index contributed by atoms with van der Waals surface area (Å²) >= 11 is 1.52. The van der Waals surface area contributed by atoms with Gasteiger partial charge in [0.2, 0.25) is 0 Å². The van der Waals surface area contributed by atoms with Crippen molar-refractivity contribution < 1.29 is 13.9 Å². The Balaban J connectivity index is 1.66. The molecule has 0 radical (unpaired) electrons. The van der Waals surface area contributed by atoms with E-state index in [2.05, 4.69) is 19.1 Å². The molecule has 0 N–H and O–H groups in total. The molecule has 0 atom stereocenters. The van der Waals surface area contributed by atoms with Crippen LogP contribution >= 0.6 is 11.3 Å². The van der Waals surface area contributed by atoms with Gasteiger partial charge in [0.1, 0.15) is 11.5 Å². The molecule has 0 aliphatic carbocycles. The number of rotatable bonds is 5. The van der Waals surface area contributed by atoms with Gasteiger partial charge in [-0.05, 0) is 60.0 Å². The normalized spacial score (nSPS) is 11.2. The maximum Gasteiger partial charge on any atom is 0.264 e. The van der Waals surface area contributed by atoms with Gasteiger partial charge in [-0.15, -0.1) is 0 Å². The molecule has 5 nitrogen and oxygen atoms in total. The van der Waals surface area contributed by atoms with Gasteiger partial charge >= 0.3 is 0 Å². The highest BCUT2D eigenvalue weighted by Gasteiger charge is 2.26. The van der Waals surface area contributed by atoms with Gasteiger partial charge in [0.15, 0.2) is 5.13 Å². The number of nitrogens with zero attached hydrogens (tertiary/aromatic N) is 2.